The van der Waals surface area contributed by atoms with Crippen molar-refractivity contribution in [3.05, 3.63) is 70.4 Å². The summed E-state index contributed by atoms with van der Waals surface area (Å²) in [6.45, 7) is 7.16. The van der Waals surface area contributed by atoms with E-state index in [2.05, 4.69) is 20.5 Å². The fourth-order valence-electron chi connectivity index (χ4n) is 4.86. The van der Waals surface area contributed by atoms with Gasteiger partial charge in [0.2, 0.25) is 5.79 Å². The molecule has 192 valence electrons. The third kappa shape index (κ3) is 5.84. The van der Waals surface area contributed by atoms with E-state index in [1.807, 2.05) is 0 Å². The highest BCUT2D eigenvalue weighted by molar-refractivity contribution is 6.11. The lowest BCUT2D eigenvalue weighted by Gasteiger charge is -2.37. The smallest absolute Gasteiger partial charge is 0.251 e. The lowest BCUT2D eigenvalue weighted by atomic mass is 9.95. The number of halogens is 2. The van der Waals surface area contributed by atoms with Gasteiger partial charge in [0, 0.05) is 36.3 Å². The van der Waals surface area contributed by atoms with Crippen LogP contribution in [0.4, 0.5) is 14.5 Å². The van der Waals surface area contributed by atoms with Crippen LogP contribution in [0.2, 0.25) is 0 Å². The van der Waals surface area contributed by atoms with Gasteiger partial charge in [0.05, 0.1) is 12.2 Å². The summed E-state index contributed by atoms with van der Waals surface area (Å²) in [5.74, 6) is -2.64. The van der Waals surface area contributed by atoms with Gasteiger partial charge >= 0.3 is 0 Å². The highest BCUT2D eigenvalue weighted by Crippen LogP contribution is 2.34. The molecule has 0 bridgehead atoms. The van der Waals surface area contributed by atoms with Crippen molar-refractivity contribution >= 4 is 17.8 Å². The Balaban J connectivity index is 1.50. The predicted molar refractivity (Wildman–Crippen MR) is 137 cm³/mol. The number of nitrogens with one attached hydrogen (secondary N) is 2. The maximum absolute atomic E-state index is 14.9. The summed E-state index contributed by atoms with van der Waals surface area (Å²) >= 11 is 0. The second-order valence-corrected chi connectivity index (χ2v) is 9.37. The van der Waals surface area contributed by atoms with Crippen molar-refractivity contribution in [1.29, 1.82) is 0 Å². The lowest BCUT2D eigenvalue weighted by molar-refractivity contribution is -0.114. The number of nitrogens with zero attached hydrogens (tertiary/aromatic N) is 2. The standard InChI is InChI=1S/C27H33F2N5O2/c1-18-13-21(28)14-19(2)25(18)27(31-16-20(17-32-27)26(30)35)33-22-7-8-24(23(29)15-22)36-12-6-11-34-9-4-3-5-10-34/h7-8,13-17,31,33H,3-6,9-12H2,1-2H3,(H2,30,35). The first-order valence-electron chi connectivity index (χ1n) is 12.3. The molecular formula is C27H33F2N5O2. The summed E-state index contributed by atoms with van der Waals surface area (Å²) in [5, 5.41) is 6.30. The number of aliphatic imine (C=N–C) groups is 1. The molecule has 1 amide bonds. The van der Waals surface area contributed by atoms with E-state index < -0.39 is 17.5 Å². The molecule has 0 saturated carbocycles. The first kappa shape index (κ1) is 25.6. The SMILES string of the molecule is Cc1cc(F)cc(C)c1C1(Nc2ccc(OCCCN3CCCCC3)c(F)c2)N=CC(C(N)=O)=CN1. The van der Waals surface area contributed by atoms with Crippen LogP contribution in [-0.4, -0.2) is 43.3 Å². The Labute approximate surface area is 210 Å². The average molecular weight is 498 g/mol. The molecule has 2 aromatic rings. The fraction of sp³-hybridized carbons (Fsp3) is 0.407. The van der Waals surface area contributed by atoms with E-state index >= 15 is 0 Å². The maximum Gasteiger partial charge on any atom is 0.251 e. The number of likely N-dealkylation sites (tertiary alicyclic amines) is 1. The number of carbonyl (C=O) groups is 1. The van der Waals surface area contributed by atoms with Crippen LogP contribution in [0.1, 0.15) is 42.4 Å². The molecule has 0 radical (unpaired) electrons. The number of primary amides is 1. The van der Waals surface area contributed by atoms with E-state index in [0.29, 0.717) is 29.0 Å². The molecule has 2 aromatic carbocycles. The molecule has 0 spiro atoms. The van der Waals surface area contributed by atoms with Gasteiger partial charge in [0.1, 0.15) is 5.82 Å². The first-order valence-corrected chi connectivity index (χ1v) is 12.3. The summed E-state index contributed by atoms with van der Waals surface area (Å²) in [5.41, 5.74) is 7.91. The molecule has 1 atom stereocenters. The zero-order valence-electron chi connectivity index (χ0n) is 20.7. The number of ether oxygens (including phenoxy) is 1. The largest absolute Gasteiger partial charge is 0.490 e. The van der Waals surface area contributed by atoms with Crippen molar-refractivity contribution in [3.8, 4) is 5.75 Å². The minimum absolute atomic E-state index is 0.179. The highest BCUT2D eigenvalue weighted by Gasteiger charge is 2.36. The molecule has 1 unspecified atom stereocenters. The van der Waals surface area contributed by atoms with Gasteiger partial charge in [-0.15, -0.1) is 0 Å². The van der Waals surface area contributed by atoms with Crippen molar-refractivity contribution in [1.82, 2.24) is 10.2 Å². The normalized spacial score (nSPS) is 19.9. The molecule has 0 aromatic heterocycles. The zero-order valence-corrected chi connectivity index (χ0v) is 20.7. The fourth-order valence-corrected chi connectivity index (χ4v) is 4.86. The number of anilines is 1. The number of rotatable bonds is 9. The molecule has 36 heavy (non-hydrogen) atoms. The molecule has 2 aliphatic heterocycles. The van der Waals surface area contributed by atoms with Gasteiger partial charge in [0.25, 0.3) is 5.91 Å². The Kier molecular flexibility index (Phi) is 7.88. The molecule has 0 aliphatic carbocycles. The molecule has 9 heteroatoms. The van der Waals surface area contributed by atoms with Crippen molar-refractivity contribution in [2.24, 2.45) is 10.7 Å². The van der Waals surface area contributed by atoms with Crippen LogP contribution in [0.25, 0.3) is 0 Å². The molecule has 1 saturated heterocycles. The van der Waals surface area contributed by atoms with E-state index in [1.165, 1.54) is 49.9 Å². The lowest BCUT2D eigenvalue weighted by Crippen LogP contribution is -2.48. The van der Waals surface area contributed by atoms with Crippen LogP contribution in [0.3, 0.4) is 0 Å². The summed E-state index contributed by atoms with van der Waals surface area (Å²) in [4.78, 5) is 18.6. The Bertz CT molecular complexity index is 1150. The minimum Gasteiger partial charge on any atom is -0.490 e. The van der Waals surface area contributed by atoms with Gasteiger partial charge < -0.3 is 26.0 Å². The summed E-state index contributed by atoms with van der Waals surface area (Å²) in [6, 6.07) is 7.41. The Hall–Kier alpha value is -3.46. The Morgan fingerprint density at radius 2 is 1.89 bits per heavy atom. The van der Waals surface area contributed by atoms with Gasteiger partial charge in [-0.25, -0.2) is 13.8 Å². The number of carbonyl (C=O) groups excluding carboxylic acids is 1. The number of piperidine rings is 1. The quantitative estimate of drug-likeness (QED) is 0.454. The summed E-state index contributed by atoms with van der Waals surface area (Å²) in [7, 11) is 0. The molecule has 2 aliphatic rings. The highest BCUT2D eigenvalue weighted by atomic mass is 19.1. The number of hydrogen-bond donors (Lipinski definition) is 3. The van der Waals surface area contributed by atoms with Crippen molar-refractivity contribution in [2.75, 3.05) is 31.6 Å². The van der Waals surface area contributed by atoms with Crippen LogP contribution in [0.15, 0.2) is 47.1 Å². The third-order valence-corrected chi connectivity index (χ3v) is 6.56. The van der Waals surface area contributed by atoms with E-state index in [-0.39, 0.29) is 17.1 Å². The minimum atomic E-state index is -1.30. The van der Waals surface area contributed by atoms with Gasteiger partial charge in [-0.05, 0) is 81.6 Å². The van der Waals surface area contributed by atoms with E-state index in [4.69, 9.17) is 10.5 Å². The number of amides is 1. The van der Waals surface area contributed by atoms with Gasteiger partial charge in [0.15, 0.2) is 11.6 Å². The number of hydrogen-bond acceptors (Lipinski definition) is 6. The van der Waals surface area contributed by atoms with Crippen LogP contribution >= 0.6 is 0 Å². The van der Waals surface area contributed by atoms with Crippen LogP contribution < -0.4 is 21.1 Å². The van der Waals surface area contributed by atoms with E-state index in [1.54, 1.807) is 26.0 Å². The Morgan fingerprint density at radius 3 is 2.50 bits per heavy atom. The molecular weight excluding hydrogens is 464 g/mol. The second kappa shape index (κ2) is 11.1. The topological polar surface area (TPSA) is 92.0 Å². The van der Waals surface area contributed by atoms with E-state index in [9.17, 15) is 13.6 Å². The van der Waals surface area contributed by atoms with E-state index in [0.717, 1.165) is 26.1 Å². The molecule has 7 nitrogen and oxygen atoms in total. The second-order valence-electron chi connectivity index (χ2n) is 9.37. The van der Waals surface area contributed by atoms with Crippen molar-refractivity contribution in [3.63, 3.8) is 0 Å². The zero-order chi connectivity index (χ0) is 25.7. The average Bonchev–Trinajstić information content (AvgIpc) is 2.83. The van der Waals surface area contributed by atoms with Crippen LogP contribution in [0.5, 0.6) is 5.75 Å². The van der Waals surface area contributed by atoms with Crippen molar-refractivity contribution < 1.29 is 18.3 Å². The number of aryl methyl sites for hydroxylation is 2. The van der Waals surface area contributed by atoms with Crippen LogP contribution in [-0.2, 0) is 10.6 Å². The number of nitrogens with two attached hydrogens (primary N) is 1. The summed E-state index contributed by atoms with van der Waals surface area (Å²) < 4.78 is 34.6. The molecule has 2 heterocycles. The molecule has 1 fully saturated rings. The number of benzene rings is 2. The summed E-state index contributed by atoms with van der Waals surface area (Å²) in [6.07, 6.45) is 7.40. The van der Waals surface area contributed by atoms with Gasteiger partial charge in [-0.2, -0.15) is 0 Å². The van der Waals surface area contributed by atoms with Gasteiger partial charge in [-0.1, -0.05) is 6.42 Å². The molecule has 4 rings (SSSR count). The van der Waals surface area contributed by atoms with Gasteiger partial charge in [-0.3, -0.25) is 4.79 Å². The first-order chi connectivity index (χ1) is 17.3. The monoisotopic (exact) mass is 497 g/mol. The Morgan fingerprint density at radius 1 is 1.17 bits per heavy atom. The third-order valence-electron chi connectivity index (χ3n) is 6.56. The molecule has 4 N–H and O–H groups in total. The predicted octanol–water partition coefficient (Wildman–Crippen LogP) is 4.10. The maximum atomic E-state index is 14.9. The van der Waals surface area contributed by atoms with Crippen molar-refractivity contribution in [2.45, 2.75) is 45.3 Å². The van der Waals surface area contributed by atoms with Crippen LogP contribution in [0, 0.1) is 25.5 Å².